The third-order valence-corrected chi connectivity index (χ3v) is 6.61. The summed E-state index contributed by atoms with van der Waals surface area (Å²) in [5.74, 6) is 0.600. The fourth-order valence-corrected chi connectivity index (χ4v) is 5.47. The van der Waals surface area contributed by atoms with Crippen molar-refractivity contribution in [3.8, 4) is 0 Å². The molecule has 9 heteroatoms. The molecule has 122 valence electrons. The predicted octanol–water partition coefficient (Wildman–Crippen LogP) is 1.39. The van der Waals surface area contributed by atoms with Crippen LogP contribution < -0.4 is 10.6 Å². The van der Waals surface area contributed by atoms with Crippen molar-refractivity contribution in [2.24, 2.45) is 11.7 Å². The van der Waals surface area contributed by atoms with Crippen LogP contribution in [0.2, 0.25) is 0 Å². The predicted molar refractivity (Wildman–Crippen MR) is 91.2 cm³/mol. The first-order valence-corrected chi connectivity index (χ1v) is 9.45. The van der Waals surface area contributed by atoms with E-state index in [1.807, 2.05) is 0 Å². The van der Waals surface area contributed by atoms with Crippen LogP contribution in [0.25, 0.3) is 10.5 Å². The van der Waals surface area contributed by atoms with Crippen molar-refractivity contribution >= 4 is 42.9 Å². The number of aromatic nitrogens is 3. The van der Waals surface area contributed by atoms with Crippen molar-refractivity contribution in [1.82, 2.24) is 19.9 Å². The highest BCUT2D eigenvalue weighted by Gasteiger charge is 2.54. The zero-order valence-electron chi connectivity index (χ0n) is 12.5. The summed E-state index contributed by atoms with van der Waals surface area (Å²) >= 11 is 4.87. The molecule has 4 saturated heterocycles. The molecular formula is C14H17BrN6OS. The van der Waals surface area contributed by atoms with E-state index in [-0.39, 0.29) is 5.60 Å². The van der Waals surface area contributed by atoms with Gasteiger partial charge < -0.3 is 14.5 Å². The molecule has 0 saturated carbocycles. The lowest BCUT2D eigenvalue weighted by Crippen LogP contribution is -2.61. The number of ether oxygens (including phenoxy) is 1. The molecule has 0 aliphatic carbocycles. The largest absolute Gasteiger partial charge is 0.335 e. The Bertz CT molecular complexity index is 763. The Kier molecular flexibility index (Phi) is 3.18. The Morgan fingerprint density at radius 3 is 2.87 bits per heavy atom. The molecule has 2 unspecified atom stereocenters. The van der Waals surface area contributed by atoms with Gasteiger partial charge >= 0.3 is 0 Å². The molecule has 4 fully saturated rings. The molecule has 6 rings (SSSR count). The van der Waals surface area contributed by atoms with Gasteiger partial charge in [0.05, 0.1) is 12.7 Å². The monoisotopic (exact) mass is 396 g/mol. The molecule has 2 aromatic heterocycles. The first-order valence-electron chi connectivity index (χ1n) is 7.84. The average molecular weight is 397 g/mol. The van der Waals surface area contributed by atoms with Crippen LogP contribution in [-0.4, -0.2) is 58.0 Å². The lowest BCUT2D eigenvalue weighted by Gasteiger charge is -2.50. The van der Waals surface area contributed by atoms with Gasteiger partial charge in [-0.3, -0.25) is 5.73 Å². The zero-order valence-corrected chi connectivity index (χ0v) is 14.9. The van der Waals surface area contributed by atoms with Gasteiger partial charge in [0, 0.05) is 6.54 Å². The summed E-state index contributed by atoms with van der Waals surface area (Å²) in [4.78, 5) is 18.7. The second-order valence-electron chi connectivity index (χ2n) is 6.57. The van der Waals surface area contributed by atoms with Crippen LogP contribution in [0.3, 0.4) is 0 Å². The first kappa shape index (κ1) is 14.5. The number of anilines is 1. The number of nitrogens with zero attached hydrogens (tertiary/aromatic N) is 5. The molecule has 2 bridgehead atoms. The van der Waals surface area contributed by atoms with Crippen LogP contribution >= 0.6 is 27.3 Å². The summed E-state index contributed by atoms with van der Waals surface area (Å²) in [6.07, 6.45) is 3.63. The third kappa shape index (κ3) is 2.21. The highest BCUT2D eigenvalue weighted by atomic mass is 79.9. The Balaban J connectivity index is 1.48. The summed E-state index contributed by atoms with van der Waals surface area (Å²) in [5, 5.41) is 0.846. The van der Waals surface area contributed by atoms with E-state index in [9.17, 15) is 0 Å². The molecule has 0 aromatic carbocycles. The third-order valence-electron chi connectivity index (χ3n) is 5.25. The van der Waals surface area contributed by atoms with Crippen molar-refractivity contribution in [2.45, 2.75) is 24.8 Å². The van der Waals surface area contributed by atoms with Gasteiger partial charge in [-0.2, -0.15) is 4.98 Å². The smallest absolute Gasteiger partial charge is 0.192 e. The van der Waals surface area contributed by atoms with Crippen molar-refractivity contribution in [3.63, 3.8) is 0 Å². The maximum Gasteiger partial charge on any atom is 0.192 e. The Labute approximate surface area is 146 Å². The summed E-state index contributed by atoms with van der Waals surface area (Å²) in [7, 11) is 0. The molecule has 2 aromatic rings. The van der Waals surface area contributed by atoms with Crippen LogP contribution in [0.1, 0.15) is 12.8 Å². The topological polar surface area (TPSA) is 80.4 Å². The van der Waals surface area contributed by atoms with Crippen LogP contribution in [0.4, 0.5) is 5.13 Å². The number of nitrogens with two attached hydrogens (primary N) is 1. The van der Waals surface area contributed by atoms with Gasteiger partial charge in [0.1, 0.15) is 10.2 Å². The quantitative estimate of drug-likeness (QED) is 0.779. The number of halogens is 1. The number of thiazole rings is 1. The van der Waals surface area contributed by atoms with Crippen LogP contribution in [0.15, 0.2) is 10.8 Å². The zero-order chi connectivity index (χ0) is 15.6. The molecule has 23 heavy (non-hydrogen) atoms. The summed E-state index contributed by atoms with van der Waals surface area (Å²) in [6, 6.07) is 0. The van der Waals surface area contributed by atoms with E-state index in [0.29, 0.717) is 11.6 Å². The second-order valence-corrected chi connectivity index (χ2v) is 8.34. The van der Waals surface area contributed by atoms with E-state index in [4.69, 9.17) is 10.5 Å². The molecule has 7 nitrogen and oxygen atoms in total. The van der Waals surface area contributed by atoms with Crippen molar-refractivity contribution < 1.29 is 4.74 Å². The van der Waals surface area contributed by atoms with Gasteiger partial charge in [-0.05, 0) is 47.8 Å². The van der Waals surface area contributed by atoms with E-state index in [1.54, 1.807) is 6.20 Å². The highest BCUT2D eigenvalue weighted by Crippen LogP contribution is 2.44. The highest BCUT2D eigenvalue weighted by molar-refractivity contribution is 9.10. The lowest BCUT2D eigenvalue weighted by atomic mass is 9.75. The fraction of sp³-hybridized carbons (Fsp3) is 0.643. The molecule has 2 N–H and O–H groups in total. The molecule has 2 atom stereocenters. The molecule has 4 aliphatic rings. The van der Waals surface area contributed by atoms with Gasteiger partial charge in [0.25, 0.3) is 0 Å². The summed E-state index contributed by atoms with van der Waals surface area (Å²) in [5.41, 5.74) is 6.82. The van der Waals surface area contributed by atoms with Gasteiger partial charge in [0.2, 0.25) is 0 Å². The van der Waals surface area contributed by atoms with Crippen molar-refractivity contribution in [2.75, 3.05) is 31.1 Å². The summed E-state index contributed by atoms with van der Waals surface area (Å²) in [6.45, 7) is 4.16. The number of hydrogen-bond donors (Lipinski definition) is 1. The van der Waals surface area contributed by atoms with Gasteiger partial charge in [-0.15, -0.1) is 0 Å². The fourth-order valence-electron chi connectivity index (χ4n) is 4.15. The number of fused-ring (bicyclic) bond motifs is 3. The second kappa shape index (κ2) is 5.06. The van der Waals surface area contributed by atoms with Crippen LogP contribution in [-0.2, 0) is 4.74 Å². The van der Waals surface area contributed by atoms with Gasteiger partial charge in [0.15, 0.2) is 22.0 Å². The maximum atomic E-state index is 6.30. The van der Waals surface area contributed by atoms with E-state index in [1.165, 1.54) is 37.3 Å². The molecule has 6 heterocycles. The number of hydrogen-bond acceptors (Lipinski definition) is 8. The number of piperidine rings is 3. The van der Waals surface area contributed by atoms with Crippen LogP contribution in [0.5, 0.6) is 0 Å². The Hall–Kier alpha value is -0.870. The lowest BCUT2D eigenvalue weighted by molar-refractivity contribution is -0.137. The van der Waals surface area contributed by atoms with Crippen LogP contribution in [0, 0.1) is 5.92 Å². The number of rotatable bonds is 1. The summed E-state index contributed by atoms with van der Waals surface area (Å²) < 4.78 is 7.01. The standard InChI is InChI=1S/C14H17BrN6OS/c15-9-5-17-10-11(18-9)23-13(19-10)21-7-14(22-12(21)16)6-20-3-1-8(14)2-4-20/h5,8,12H,1-4,6-7,16H2. The molecule has 4 aliphatic heterocycles. The molecule has 0 radical (unpaired) electrons. The SMILES string of the molecule is NC1OC2(CN3CCC2CC3)CN1c1nc2ncc(Br)nc2s1. The van der Waals surface area contributed by atoms with Gasteiger partial charge in [-0.1, -0.05) is 11.3 Å². The maximum absolute atomic E-state index is 6.30. The first-order chi connectivity index (χ1) is 11.1. The van der Waals surface area contributed by atoms with E-state index in [2.05, 4.69) is 40.7 Å². The Morgan fingerprint density at radius 1 is 1.30 bits per heavy atom. The minimum absolute atomic E-state index is 0.144. The van der Waals surface area contributed by atoms with Crippen molar-refractivity contribution in [1.29, 1.82) is 0 Å². The Morgan fingerprint density at radius 2 is 2.13 bits per heavy atom. The normalized spacial score (nSPS) is 36.4. The van der Waals surface area contributed by atoms with E-state index >= 15 is 0 Å². The molecule has 0 amide bonds. The molecule has 1 spiro atoms. The van der Waals surface area contributed by atoms with E-state index in [0.717, 1.165) is 27.7 Å². The van der Waals surface area contributed by atoms with Gasteiger partial charge in [-0.25, -0.2) is 9.97 Å². The average Bonchev–Trinajstić information content (AvgIpc) is 3.09. The van der Waals surface area contributed by atoms with Crippen molar-refractivity contribution in [3.05, 3.63) is 10.8 Å². The van der Waals surface area contributed by atoms with E-state index < -0.39 is 6.35 Å². The minimum Gasteiger partial charge on any atom is -0.335 e. The molecular weight excluding hydrogens is 380 g/mol. The minimum atomic E-state index is -0.445.